The fourth-order valence-corrected chi connectivity index (χ4v) is 3.28. The molecule has 4 rings (SSSR count). The number of methoxy groups -OCH3 is 1. The number of nitrogens with one attached hydrogen (secondary N) is 1. The van der Waals surface area contributed by atoms with Gasteiger partial charge < -0.3 is 10.1 Å². The number of aromatic nitrogens is 4. The highest BCUT2D eigenvalue weighted by Crippen LogP contribution is 2.14. The summed E-state index contributed by atoms with van der Waals surface area (Å²) in [6.07, 6.45) is 3.32. The molecule has 0 spiro atoms. The van der Waals surface area contributed by atoms with Crippen molar-refractivity contribution in [3.63, 3.8) is 0 Å². The summed E-state index contributed by atoms with van der Waals surface area (Å²) in [6.45, 7) is 2.14. The van der Waals surface area contributed by atoms with Crippen LogP contribution in [0.4, 0.5) is 5.69 Å². The van der Waals surface area contributed by atoms with Crippen molar-refractivity contribution in [2.75, 3.05) is 12.4 Å². The molecule has 0 unspecified atom stereocenters. The Balaban J connectivity index is 1.46. The van der Waals surface area contributed by atoms with Gasteiger partial charge in [-0.15, -0.1) is 0 Å². The van der Waals surface area contributed by atoms with Crippen LogP contribution in [-0.2, 0) is 17.9 Å². The van der Waals surface area contributed by atoms with Gasteiger partial charge in [-0.2, -0.15) is 5.10 Å². The van der Waals surface area contributed by atoms with Crippen LogP contribution in [0.25, 0.3) is 10.9 Å². The zero-order valence-corrected chi connectivity index (χ0v) is 16.7. The zero-order valence-electron chi connectivity index (χ0n) is 16.7. The Bertz CT molecular complexity index is 1280. The lowest BCUT2D eigenvalue weighted by Crippen LogP contribution is -2.30. The van der Waals surface area contributed by atoms with E-state index in [-0.39, 0.29) is 18.0 Å². The van der Waals surface area contributed by atoms with Crippen LogP contribution in [0, 0.1) is 6.92 Å². The fourth-order valence-electron chi connectivity index (χ4n) is 3.28. The van der Waals surface area contributed by atoms with Crippen molar-refractivity contribution in [2.24, 2.45) is 0 Å². The second-order valence-electron chi connectivity index (χ2n) is 6.89. The molecule has 1 N–H and O–H groups in total. The zero-order chi connectivity index (χ0) is 21.1. The van der Waals surface area contributed by atoms with Crippen molar-refractivity contribution in [1.82, 2.24) is 19.3 Å². The molecule has 0 saturated carbocycles. The molecular weight excluding hydrogens is 382 g/mol. The molecule has 0 atom stereocenters. The van der Waals surface area contributed by atoms with E-state index in [9.17, 15) is 9.59 Å². The second kappa shape index (κ2) is 8.20. The Hall–Kier alpha value is -3.94. The molecule has 0 saturated heterocycles. The highest BCUT2D eigenvalue weighted by atomic mass is 16.5. The summed E-state index contributed by atoms with van der Waals surface area (Å²) in [7, 11) is 1.62. The number of anilines is 1. The second-order valence-corrected chi connectivity index (χ2v) is 6.89. The molecule has 8 heteroatoms. The smallest absolute Gasteiger partial charge is 0.261 e. The van der Waals surface area contributed by atoms with Gasteiger partial charge in [0.05, 0.1) is 36.4 Å². The quantitative estimate of drug-likeness (QED) is 0.534. The molecule has 1 amide bonds. The van der Waals surface area contributed by atoms with Crippen LogP contribution in [0.1, 0.15) is 11.4 Å². The number of hydrogen-bond donors (Lipinski definition) is 1. The third-order valence-electron chi connectivity index (χ3n) is 4.75. The van der Waals surface area contributed by atoms with Crippen LogP contribution < -0.4 is 15.6 Å². The number of fused-ring (bicyclic) bond motifs is 1. The SMILES string of the molecule is COc1cccc(Cn2cc(NC(=O)Cn3c(C)nc4ccccc4c3=O)cn2)c1. The van der Waals surface area contributed by atoms with Gasteiger partial charge in [-0.1, -0.05) is 24.3 Å². The number of rotatable bonds is 6. The van der Waals surface area contributed by atoms with E-state index in [1.807, 2.05) is 30.3 Å². The Kier molecular flexibility index (Phi) is 5.30. The highest BCUT2D eigenvalue weighted by Gasteiger charge is 2.12. The van der Waals surface area contributed by atoms with Gasteiger partial charge in [-0.3, -0.25) is 18.8 Å². The van der Waals surface area contributed by atoms with Gasteiger partial charge in [-0.05, 0) is 36.8 Å². The van der Waals surface area contributed by atoms with Gasteiger partial charge in [0.2, 0.25) is 5.91 Å². The fraction of sp³-hybridized carbons (Fsp3) is 0.182. The van der Waals surface area contributed by atoms with Gasteiger partial charge in [0.25, 0.3) is 5.56 Å². The van der Waals surface area contributed by atoms with E-state index in [4.69, 9.17) is 4.74 Å². The molecule has 0 radical (unpaired) electrons. The maximum absolute atomic E-state index is 12.7. The maximum Gasteiger partial charge on any atom is 0.261 e. The Morgan fingerprint density at radius 1 is 1.17 bits per heavy atom. The van der Waals surface area contributed by atoms with Crippen LogP contribution in [0.3, 0.4) is 0 Å². The number of ether oxygens (including phenoxy) is 1. The summed E-state index contributed by atoms with van der Waals surface area (Å²) in [6, 6.07) is 14.8. The third-order valence-corrected chi connectivity index (χ3v) is 4.75. The van der Waals surface area contributed by atoms with E-state index in [1.54, 1.807) is 49.3 Å². The van der Waals surface area contributed by atoms with Gasteiger partial charge in [-0.25, -0.2) is 4.98 Å². The maximum atomic E-state index is 12.7. The molecule has 8 nitrogen and oxygen atoms in total. The van der Waals surface area contributed by atoms with E-state index in [1.165, 1.54) is 4.57 Å². The van der Waals surface area contributed by atoms with E-state index in [0.717, 1.165) is 11.3 Å². The first-order valence-electron chi connectivity index (χ1n) is 9.45. The molecule has 2 aromatic heterocycles. The van der Waals surface area contributed by atoms with Crippen LogP contribution in [0.5, 0.6) is 5.75 Å². The summed E-state index contributed by atoms with van der Waals surface area (Å²) in [5, 5.41) is 7.56. The van der Waals surface area contributed by atoms with Crippen molar-refractivity contribution in [3.8, 4) is 5.75 Å². The molecule has 4 aromatic rings. The number of benzene rings is 2. The standard InChI is InChI=1S/C22H21N5O3/c1-15-24-20-9-4-3-8-19(20)22(29)27(15)14-21(28)25-17-11-23-26(13-17)12-16-6-5-7-18(10-16)30-2/h3-11,13H,12,14H2,1-2H3,(H,25,28). The molecule has 2 heterocycles. The number of nitrogens with zero attached hydrogens (tertiary/aromatic N) is 4. The topological polar surface area (TPSA) is 91.0 Å². The minimum atomic E-state index is -0.321. The minimum absolute atomic E-state index is 0.121. The third kappa shape index (κ3) is 4.07. The van der Waals surface area contributed by atoms with Crippen molar-refractivity contribution in [2.45, 2.75) is 20.0 Å². The van der Waals surface area contributed by atoms with Crippen molar-refractivity contribution in [1.29, 1.82) is 0 Å². The number of carbonyl (C=O) groups is 1. The van der Waals surface area contributed by atoms with E-state index in [0.29, 0.717) is 29.0 Å². The summed E-state index contributed by atoms with van der Waals surface area (Å²) in [5.74, 6) is 0.943. The number of para-hydroxylation sites is 1. The monoisotopic (exact) mass is 403 g/mol. The normalized spacial score (nSPS) is 10.9. The van der Waals surface area contributed by atoms with Crippen LogP contribution in [-0.4, -0.2) is 32.3 Å². The lowest BCUT2D eigenvalue weighted by Gasteiger charge is -2.10. The Morgan fingerprint density at radius 2 is 2.00 bits per heavy atom. The minimum Gasteiger partial charge on any atom is -0.497 e. The average molecular weight is 403 g/mol. The van der Waals surface area contributed by atoms with Crippen molar-refractivity contribution in [3.05, 3.63) is 82.7 Å². The summed E-state index contributed by atoms with van der Waals surface area (Å²) in [5.41, 5.74) is 1.97. The highest BCUT2D eigenvalue weighted by molar-refractivity contribution is 5.90. The lowest BCUT2D eigenvalue weighted by atomic mass is 10.2. The van der Waals surface area contributed by atoms with Crippen LogP contribution in [0.15, 0.2) is 65.7 Å². The average Bonchev–Trinajstić information content (AvgIpc) is 3.17. The summed E-state index contributed by atoms with van der Waals surface area (Å²) < 4.78 is 8.33. The van der Waals surface area contributed by atoms with E-state index < -0.39 is 0 Å². The molecule has 0 fully saturated rings. The summed E-state index contributed by atoms with van der Waals surface area (Å²) in [4.78, 5) is 29.7. The molecule has 0 aliphatic carbocycles. The number of carbonyl (C=O) groups excluding carboxylic acids is 1. The van der Waals surface area contributed by atoms with Crippen molar-refractivity contribution < 1.29 is 9.53 Å². The molecule has 0 aliphatic heterocycles. The Labute approximate surface area is 172 Å². The molecule has 0 aliphatic rings. The molecule has 30 heavy (non-hydrogen) atoms. The number of amides is 1. The number of aryl methyl sites for hydroxylation is 1. The van der Waals surface area contributed by atoms with Crippen molar-refractivity contribution >= 4 is 22.5 Å². The van der Waals surface area contributed by atoms with Gasteiger partial charge >= 0.3 is 0 Å². The van der Waals surface area contributed by atoms with Crippen LogP contribution >= 0.6 is 0 Å². The number of hydrogen-bond acceptors (Lipinski definition) is 5. The largest absolute Gasteiger partial charge is 0.497 e. The van der Waals surface area contributed by atoms with Gasteiger partial charge in [0.15, 0.2) is 0 Å². The first-order chi connectivity index (χ1) is 14.5. The predicted molar refractivity (Wildman–Crippen MR) is 114 cm³/mol. The lowest BCUT2D eigenvalue weighted by molar-refractivity contribution is -0.116. The van der Waals surface area contributed by atoms with E-state index in [2.05, 4.69) is 15.4 Å². The molecule has 152 valence electrons. The molecule has 0 bridgehead atoms. The molecular formula is C22H21N5O3. The Morgan fingerprint density at radius 3 is 2.83 bits per heavy atom. The summed E-state index contributed by atoms with van der Waals surface area (Å²) >= 11 is 0. The first-order valence-corrected chi connectivity index (χ1v) is 9.45. The molecule has 2 aromatic carbocycles. The van der Waals surface area contributed by atoms with Gasteiger partial charge in [0.1, 0.15) is 18.1 Å². The first kappa shape index (κ1) is 19.4. The van der Waals surface area contributed by atoms with Gasteiger partial charge in [0, 0.05) is 6.20 Å². The predicted octanol–water partition coefficient (Wildman–Crippen LogP) is 2.60. The van der Waals surface area contributed by atoms with E-state index >= 15 is 0 Å². The van der Waals surface area contributed by atoms with Crippen LogP contribution in [0.2, 0.25) is 0 Å².